The highest BCUT2D eigenvalue weighted by molar-refractivity contribution is 7.92. The van der Waals surface area contributed by atoms with Crippen LogP contribution in [-0.2, 0) is 16.4 Å². The predicted molar refractivity (Wildman–Crippen MR) is 101 cm³/mol. The molecule has 0 saturated carbocycles. The summed E-state index contributed by atoms with van der Waals surface area (Å²) in [5.74, 6) is 1.53. The van der Waals surface area contributed by atoms with Gasteiger partial charge in [-0.1, -0.05) is 19.9 Å². The van der Waals surface area contributed by atoms with Crippen LogP contribution in [0.3, 0.4) is 0 Å². The van der Waals surface area contributed by atoms with Gasteiger partial charge in [0, 0.05) is 23.2 Å². The summed E-state index contributed by atoms with van der Waals surface area (Å²) in [5, 5.41) is 3.07. The Kier molecular flexibility index (Phi) is 4.60. The van der Waals surface area contributed by atoms with Gasteiger partial charge in [-0.15, -0.1) is 0 Å². The summed E-state index contributed by atoms with van der Waals surface area (Å²) < 4.78 is 31.0. The van der Waals surface area contributed by atoms with E-state index in [1.165, 1.54) is 6.07 Å². The average molecular weight is 376 g/mol. The van der Waals surface area contributed by atoms with Crippen LogP contribution in [0.2, 0.25) is 0 Å². The van der Waals surface area contributed by atoms with Gasteiger partial charge in [0.2, 0.25) is 10.0 Å². The van der Waals surface area contributed by atoms with Gasteiger partial charge in [0.25, 0.3) is 5.91 Å². The molecule has 0 aliphatic heterocycles. The van der Waals surface area contributed by atoms with Gasteiger partial charge < -0.3 is 9.73 Å². The summed E-state index contributed by atoms with van der Waals surface area (Å²) in [4.78, 5) is 12.7. The van der Waals surface area contributed by atoms with Crippen LogP contribution in [0.1, 0.15) is 53.8 Å². The Bertz CT molecular complexity index is 944. The fourth-order valence-electron chi connectivity index (χ4n) is 3.49. The van der Waals surface area contributed by atoms with Crippen molar-refractivity contribution in [3.05, 3.63) is 53.0 Å². The molecule has 26 heavy (non-hydrogen) atoms. The summed E-state index contributed by atoms with van der Waals surface area (Å²) >= 11 is 0. The van der Waals surface area contributed by atoms with Crippen molar-refractivity contribution >= 4 is 21.6 Å². The van der Waals surface area contributed by atoms with Crippen molar-refractivity contribution in [2.45, 2.75) is 39.7 Å². The molecule has 1 heterocycles. The Morgan fingerprint density at radius 2 is 2.00 bits per heavy atom. The number of hydrogen-bond acceptors (Lipinski definition) is 4. The van der Waals surface area contributed by atoms with Gasteiger partial charge in [-0.25, -0.2) is 8.42 Å². The first-order valence-electron chi connectivity index (χ1n) is 8.50. The van der Waals surface area contributed by atoms with Gasteiger partial charge in [-0.3, -0.25) is 9.52 Å². The van der Waals surface area contributed by atoms with Crippen molar-refractivity contribution in [2.24, 2.45) is 5.41 Å². The number of hydrogen-bond donors (Lipinski definition) is 2. The number of carbonyl (C=O) groups is 1. The topological polar surface area (TPSA) is 88.4 Å². The van der Waals surface area contributed by atoms with E-state index in [-0.39, 0.29) is 17.4 Å². The fraction of sp³-hybridized carbons (Fsp3) is 0.421. The summed E-state index contributed by atoms with van der Waals surface area (Å²) in [7, 11) is -3.39. The normalized spacial score (nSPS) is 18.8. The van der Waals surface area contributed by atoms with E-state index in [1.807, 2.05) is 13.0 Å². The molecule has 0 spiro atoms. The van der Waals surface area contributed by atoms with Gasteiger partial charge in [0.15, 0.2) is 0 Å². The number of fused-ring (bicyclic) bond motifs is 1. The minimum absolute atomic E-state index is 0.0228. The summed E-state index contributed by atoms with van der Waals surface area (Å²) in [6, 6.07) is 8.31. The zero-order valence-corrected chi connectivity index (χ0v) is 16.2. The number of aryl methyl sites for hydroxylation is 1. The van der Waals surface area contributed by atoms with E-state index in [1.54, 1.807) is 18.2 Å². The van der Waals surface area contributed by atoms with Crippen LogP contribution in [0.4, 0.5) is 5.69 Å². The highest BCUT2D eigenvalue weighted by atomic mass is 32.2. The number of benzene rings is 1. The van der Waals surface area contributed by atoms with E-state index >= 15 is 0 Å². The number of sulfonamides is 1. The van der Waals surface area contributed by atoms with Crippen LogP contribution in [0, 0.1) is 12.3 Å². The molecule has 140 valence electrons. The first-order chi connectivity index (χ1) is 12.0. The number of furan rings is 1. The monoisotopic (exact) mass is 376 g/mol. The molecule has 1 aliphatic rings. The smallest absolute Gasteiger partial charge is 0.251 e. The molecular formula is C19H24N2O4S. The molecule has 2 N–H and O–H groups in total. The van der Waals surface area contributed by atoms with E-state index in [4.69, 9.17) is 4.42 Å². The minimum Gasteiger partial charge on any atom is -0.466 e. The van der Waals surface area contributed by atoms with E-state index < -0.39 is 10.0 Å². The average Bonchev–Trinajstić information content (AvgIpc) is 2.84. The number of nitrogens with one attached hydrogen (secondary N) is 2. The predicted octanol–water partition coefficient (Wildman–Crippen LogP) is 3.40. The zero-order valence-electron chi connectivity index (χ0n) is 15.4. The first kappa shape index (κ1) is 18.5. The van der Waals surface area contributed by atoms with Gasteiger partial charge in [-0.2, -0.15) is 0 Å². The van der Waals surface area contributed by atoms with Crippen molar-refractivity contribution in [3.63, 3.8) is 0 Å². The molecule has 1 aromatic heterocycles. The lowest BCUT2D eigenvalue weighted by molar-refractivity contribution is 0.0917. The number of rotatable bonds is 4. The lowest BCUT2D eigenvalue weighted by Crippen LogP contribution is -2.36. The SMILES string of the molecule is Cc1cc2c(o1)CC(C)(C)CC2NC(=O)c1cccc(NS(C)(=O)=O)c1. The lowest BCUT2D eigenvalue weighted by atomic mass is 9.74. The van der Waals surface area contributed by atoms with Crippen LogP contribution >= 0.6 is 0 Å². The van der Waals surface area contributed by atoms with Gasteiger partial charge in [0.05, 0.1) is 12.3 Å². The van der Waals surface area contributed by atoms with E-state index in [0.717, 1.165) is 36.2 Å². The highest BCUT2D eigenvalue weighted by Gasteiger charge is 2.35. The molecule has 0 saturated heterocycles. The maximum Gasteiger partial charge on any atom is 0.251 e. The first-order valence-corrected chi connectivity index (χ1v) is 10.4. The van der Waals surface area contributed by atoms with Crippen LogP contribution in [0.25, 0.3) is 0 Å². The van der Waals surface area contributed by atoms with Crippen molar-refractivity contribution in [1.29, 1.82) is 0 Å². The van der Waals surface area contributed by atoms with Crippen molar-refractivity contribution in [1.82, 2.24) is 5.32 Å². The second-order valence-corrected chi connectivity index (χ2v) is 9.51. The van der Waals surface area contributed by atoms with Crippen LogP contribution in [0.5, 0.6) is 0 Å². The highest BCUT2D eigenvalue weighted by Crippen LogP contribution is 2.42. The molecule has 1 aromatic carbocycles. The molecular weight excluding hydrogens is 352 g/mol. The van der Waals surface area contributed by atoms with Crippen molar-refractivity contribution in [2.75, 3.05) is 11.0 Å². The molecule has 2 aromatic rings. The van der Waals surface area contributed by atoms with E-state index in [9.17, 15) is 13.2 Å². The third-order valence-electron chi connectivity index (χ3n) is 4.47. The lowest BCUT2D eigenvalue weighted by Gasteiger charge is -2.34. The van der Waals surface area contributed by atoms with Gasteiger partial charge >= 0.3 is 0 Å². The second kappa shape index (κ2) is 6.46. The largest absolute Gasteiger partial charge is 0.466 e. The second-order valence-electron chi connectivity index (χ2n) is 7.76. The molecule has 6 nitrogen and oxygen atoms in total. The Labute approximate surface area is 154 Å². The number of carbonyl (C=O) groups excluding carboxylic acids is 1. The van der Waals surface area contributed by atoms with Crippen molar-refractivity contribution < 1.29 is 17.6 Å². The van der Waals surface area contributed by atoms with Gasteiger partial charge in [-0.05, 0) is 43.0 Å². The molecule has 0 bridgehead atoms. The molecule has 3 rings (SSSR count). The maximum absolute atomic E-state index is 12.7. The third kappa shape index (κ3) is 4.27. The molecule has 1 amide bonds. The standard InChI is InChI=1S/C19H24N2O4S/c1-12-8-15-16(10-19(2,3)11-17(15)25-12)20-18(22)13-6-5-7-14(9-13)21-26(4,23)24/h5-9,16,21H,10-11H2,1-4H3,(H,20,22). The fourth-order valence-corrected chi connectivity index (χ4v) is 4.05. The number of amides is 1. The molecule has 7 heteroatoms. The van der Waals surface area contributed by atoms with Crippen LogP contribution < -0.4 is 10.0 Å². The summed E-state index contributed by atoms with van der Waals surface area (Å²) in [6.07, 6.45) is 2.73. The Balaban J connectivity index is 1.83. The van der Waals surface area contributed by atoms with Crippen LogP contribution in [0.15, 0.2) is 34.7 Å². The van der Waals surface area contributed by atoms with Crippen LogP contribution in [-0.4, -0.2) is 20.6 Å². The molecule has 1 aliphatic carbocycles. The minimum atomic E-state index is -3.39. The van der Waals surface area contributed by atoms with E-state index in [2.05, 4.69) is 23.9 Å². The van der Waals surface area contributed by atoms with Crippen molar-refractivity contribution in [3.8, 4) is 0 Å². The third-order valence-corrected chi connectivity index (χ3v) is 5.08. The molecule has 0 radical (unpaired) electrons. The quantitative estimate of drug-likeness (QED) is 0.856. The zero-order chi connectivity index (χ0) is 19.1. The maximum atomic E-state index is 12.7. The summed E-state index contributed by atoms with van der Waals surface area (Å²) in [6.45, 7) is 6.22. The molecule has 1 unspecified atom stereocenters. The van der Waals surface area contributed by atoms with E-state index in [0.29, 0.717) is 11.3 Å². The Morgan fingerprint density at radius 1 is 1.27 bits per heavy atom. The Hall–Kier alpha value is -2.28. The summed E-state index contributed by atoms with van der Waals surface area (Å²) in [5.41, 5.74) is 1.82. The Morgan fingerprint density at radius 3 is 2.69 bits per heavy atom. The molecule has 1 atom stereocenters. The number of anilines is 1. The molecule has 0 fully saturated rings. The van der Waals surface area contributed by atoms with Gasteiger partial charge in [0.1, 0.15) is 11.5 Å².